The van der Waals surface area contributed by atoms with Gasteiger partial charge < -0.3 is 10.6 Å². The number of nitrogens with zero attached hydrogens (tertiary/aromatic N) is 1. The van der Waals surface area contributed by atoms with Gasteiger partial charge in [-0.2, -0.15) is 0 Å². The van der Waals surface area contributed by atoms with Crippen molar-refractivity contribution in [3.05, 3.63) is 23.5 Å². The molecule has 0 atom stereocenters. The fourth-order valence-corrected chi connectivity index (χ4v) is 1.28. The molecule has 0 radical (unpaired) electrons. The molecule has 5 heteroatoms. The Kier molecular flexibility index (Phi) is 4.90. The number of hydrogen-bond donors (Lipinski definition) is 2. The lowest BCUT2D eigenvalue weighted by Crippen LogP contribution is -2.43. The zero-order valence-corrected chi connectivity index (χ0v) is 11.1. The Morgan fingerprint density at radius 1 is 1.53 bits per heavy atom. The van der Waals surface area contributed by atoms with Gasteiger partial charge in [-0.25, -0.2) is 4.98 Å². The summed E-state index contributed by atoms with van der Waals surface area (Å²) in [5.41, 5.74) is 0.492. The third-order valence-corrected chi connectivity index (χ3v) is 2.95. The lowest BCUT2D eigenvalue weighted by atomic mass is 10.0. The highest BCUT2D eigenvalue weighted by Crippen LogP contribution is 2.17. The van der Waals surface area contributed by atoms with Crippen molar-refractivity contribution in [1.82, 2.24) is 10.3 Å². The monoisotopic (exact) mass is 255 g/mol. The van der Waals surface area contributed by atoms with Crippen LogP contribution in [0.15, 0.2) is 18.3 Å². The molecule has 0 spiro atoms. The summed E-state index contributed by atoms with van der Waals surface area (Å²) in [6.07, 6.45) is 2.53. The maximum Gasteiger partial charge on any atom is 0.238 e. The molecule has 1 amide bonds. The van der Waals surface area contributed by atoms with Crippen molar-refractivity contribution in [2.24, 2.45) is 0 Å². The summed E-state index contributed by atoms with van der Waals surface area (Å²) in [6.45, 7) is 6.43. The van der Waals surface area contributed by atoms with E-state index in [2.05, 4.69) is 36.4 Å². The molecule has 2 N–H and O–H groups in total. The summed E-state index contributed by atoms with van der Waals surface area (Å²) < 4.78 is 0. The number of carbonyl (C=O) groups is 1. The molecular weight excluding hydrogens is 238 g/mol. The number of pyridine rings is 1. The fraction of sp³-hybridized carbons (Fsp3) is 0.500. The number of anilines is 1. The van der Waals surface area contributed by atoms with Gasteiger partial charge >= 0.3 is 0 Å². The van der Waals surface area contributed by atoms with E-state index in [4.69, 9.17) is 11.6 Å². The van der Waals surface area contributed by atoms with Gasteiger partial charge in [0.05, 0.1) is 12.2 Å². The molecule has 0 saturated heterocycles. The molecule has 17 heavy (non-hydrogen) atoms. The highest BCUT2D eigenvalue weighted by atomic mass is 35.5. The molecule has 4 nitrogen and oxygen atoms in total. The van der Waals surface area contributed by atoms with E-state index in [9.17, 15) is 4.79 Å². The maximum atomic E-state index is 11.7. The first-order valence-corrected chi connectivity index (χ1v) is 5.98. The zero-order chi connectivity index (χ0) is 12.9. The topological polar surface area (TPSA) is 54.0 Å². The molecule has 0 unspecified atom stereocenters. The van der Waals surface area contributed by atoms with Crippen molar-refractivity contribution >= 4 is 23.2 Å². The van der Waals surface area contributed by atoms with E-state index in [0.29, 0.717) is 10.8 Å². The molecule has 1 heterocycles. The van der Waals surface area contributed by atoms with Crippen LogP contribution in [0.1, 0.15) is 27.2 Å². The van der Waals surface area contributed by atoms with E-state index < -0.39 is 0 Å². The normalized spacial score (nSPS) is 11.3. The molecule has 0 aliphatic carbocycles. The van der Waals surface area contributed by atoms with E-state index in [1.165, 1.54) is 0 Å². The molecule has 1 aromatic heterocycles. The van der Waals surface area contributed by atoms with Crippen LogP contribution >= 0.6 is 11.6 Å². The van der Waals surface area contributed by atoms with Gasteiger partial charge in [0.1, 0.15) is 0 Å². The molecule has 0 aromatic carbocycles. The summed E-state index contributed by atoms with van der Waals surface area (Å²) in [5, 5.41) is 6.19. The van der Waals surface area contributed by atoms with Crippen LogP contribution < -0.4 is 10.6 Å². The molecule has 0 fully saturated rings. The molecule has 1 aromatic rings. The second-order valence-corrected chi connectivity index (χ2v) is 4.84. The van der Waals surface area contributed by atoms with Gasteiger partial charge in [0.15, 0.2) is 5.15 Å². The number of rotatable bonds is 5. The van der Waals surface area contributed by atoms with Gasteiger partial charge in [0, 0.05) is 11.7 Å². The minimum absolute atomic E-state index is 0.0456. The van der Waals surface area contributed by atoms with Gasteiger partial charge in [-0.3, -0.25) is 4.79 Å². The lowest BCUT2D eigenvalue weighted by molar-refractivity contribution is -0.115. The smallest absolute Gasteiger partial charge is 0.238 e. The molecule has 0 bridgehead atoms. The van der Waals surface area contributed by atoms with Crippen LogP contribution in [0.25, 0.3) is 0 Å². The van der Waals surface area contributed by atoms with Crippen LogP contribution in [-0.2, 0) is 4.79 Å². The second-order valence-electron chi connectivity index (χ2n) is 4.48. The van der Waals surface area contributed by atoms with Crippen LogP contribution in [0.5, 0.6) is 0 Å². The molecule has 0 aliphatic heterocycles. The first-order chi connectivity index (χ1) is 7.94. The van der Waals surface area contributed by atoms with Crippen molar-refractivity contribution in [2.45, 2.75) is 32.7 Å². The van der Waals surface area contributed by atoms with E-state index in [1.54, 1.807) is 18.3 Å². The highest BCUT2D eigenvalue weighted by Gasteiger charge is 2.15. The first-order valence-electron chi connectivity index (χ1n) is 5.60. The summed E-state index contributed by atoms with van der Waals surface area (Å²) in [4.78, 5) is 15.6. The van der Waals surface area contributed by atoms with Crippen LogP contribution in [0.3, 0.4) is 0 Å². The van der Waals surface area contributed by atoms with Crippen LogP contribution in [-0.4, -0.2) is 23.0 Å². The minimum atomic E-state index is -0.124. The Balaban J connectivity index is 2.48. The number of amides is 1. The average Bonchev–Trinajstić information content (AvgIpc) is 2.30. The number of hydrogen-bond acceptors (Lipinski definition) is 3. The van der Waals surface area contributed by atoms with E-state index >= 15 is 0 Å². The van der Waals surface area contributed by atoms with Crippen molar-refractivity contribution < 1.29 is 4.79 Å². The third-order valence-electron chi connectivity index (χ3n) is 2.64. The number of nitrogens with one attached hydrogen (secondary N) is 2. The lowest BCUT2D eigenvalue weighted by Gasteiger charge is -2.24. The Morgan fingerprint density at radius 3 is 2.82 bits per heavy atom. The number of carbonyl (C=O) groups excluding carboxylic acids is 1. The molecule has 94 valence electrons. The van der Waals surface area contributed by atoms with Crippen molar-refractivity contribution in [3.8, 4) is 0 Å². The van der Waals surface area contributed by atoms with Crippen LogP contribution in [0.2, 0.25) is 5.15 Å². The summed E-state index contributed by atoms with van der Waals surface area (Å²) in [6, 6.07) is 3.45. The predicted octanol–water partition coefficient (Wildman–Crippen LogP) is 2.45. The van der Waals surface area contributed by atoms with Crippen LogP contribution in [0, 0.1) is 0 Å². The van der Waals surface area contributed by atoms with E-state index in [1.807, 2.05) is 0 Å². The molecule has 0 saturated carbocycles. The first kappa shape index (κ1) is 13.9. The van der Waals surface area contributed by atoms with Gasteiger partial charge in [-0.1, -0.05) is 18.5 Å². The van der Waals surface area contributed by atoms with Crippen molar-refractivity contribution in [3.63, 3.8) is 0 Å². The van der Waals surface area contributed by atoms with Gasteiger partial charge in [0.2, 0.25) is 5.91 Å². The van der Waals surface area contributed by atoms with Crippen molar-refractivity contribution in [1.29, 1.82) is 0 Å². The summed E-state index contributed by atoms with van der Waals surface area (Å²) >= 11 is 5.84. The van der Waals surface area contributed by atoms with E-state index in [0.717, 1.165) is 6.42 Å². The second kappa shape index (κ2) is 5.98. The van der Waals surface area contributed by atoms with Gasteiger partial charge in [-0.15, -0.1) is 0 Å². The fourth-order valence-electron chi connectivity index (χ4n) is 1.12. The quantitative estimate of drug-likeness (QED) is 0.795. The van der Waals surface area contributed by atoms with Gasteiger partial charge in [-0.05, 0) is 32.4 Å². The Morgan fingerprint density at radius 2 is 2.24 bits per heavy atom. The summed E-state index contributed by atoms with van der Waals surface area (Å²) in [5.74, 6) is -0.124. The van der Waals surface area contributed by atoms with Crippen LogP contribution in [0.4, 0.5) is 5.69 Å². The average molecular weight is 256 g/mol. The third kappa shape index (κ3) is 4.71. The largest absolute Gasteiger partial charge is 0.322 e. The van der Waals surface area contributed by atoms with Crippen molar-refractivity contribution in [2.75, 3.05) is 11.9 Å². The number of aromatic nitrogens is 1. The SMILES string of the molecule is CCC(C)(C)NCC(=O)Nc1cccnc1Cl. The highest BCUT2D eigenvalue weighted by molar-refractivity contribution is 6.32. The molecule has 1 rings (SSSR count). The zero-order valence-electron chi connectivity index (χ0n) is 10.4. The van der Waals surface area contributed by atoms with Gasteiger partial charge in [0.25, 0.3) is 0 Å². The number of halogens is 1. The standard InChI is InChI=1S/C12H18ClN3O/c1-4-12(2,3)15-8-10(17)16-9-6-5-7-14-11(9)13/h5-7,15H,4,8H2,1-3H3,(H,16,17). The minimum Gasteiger partial charge on any atom is -0.322 e. The molecular formula is C12H18ClN3O. The Bertz CT molecular complexity index is 393. The summed E-state index contributed by atoms with van der Waals surface area (Å²) in [7, 11) is 0. The Labute approximate surface area is 107 Å². The van der Waals surface area contributed by atoms with E-state index in [-0.39, 0.29) is 18.0 Å². The maximum absolute atomic E-state index is 11.7. The molecule has 0 aliphatic rings. The Hall–Kier alpha value is -1.13. The predicted molar refractivity (Wildman–Crippen MR) is 70.2 cm³/mol.